The topological polar surface area (TPSA) is 133 Å². The molecule has 0 aliphatic carbocycles. The average molecular weight is 431 g/mol. The van der Waals surface area contributed by atoms with Crippen molar-refractivity contribution in [2.45, 2.75) is 31.8 Å². The Morgan fingerprint density at radius 1 is 0.806 bits per heavy atom. The van der Waals surface area contributed by atoms with Gasteiger partial charge in [0, 0.05) is 6.54 Å². The van der Waals surface area contributed by atoms with Crippen LogP contribution in [0, 0.1) is 0 Å². The third kappa shape index (κ3) is 12.1. The summed E-state index contributed by atoms with van der Waals surface area (Å²) in [5.41, 5.74) is 1.54. The summed E-state index contributed by atoms with van der Waals surface area (Å²) < 4.78 is 5.25. The van der Waals surface area contributed by atoms with Crippen molar-refractivity contribution in [2.24, 2.45) is 0 Å². The maximum Gasteiger partial charge on any atom is 0.414 e. The Morgan fingerprint density at radius 3 is 1.94 bits per heavy atom. The molecule has 1 atom stereocenters. The summed E-state index contributed by atoms with van der Waals surface area (Å²) in [6.45, 7) is 1.92. The van der Waals surface area contributed by atoms with Gasteiger partial charge in [0.25, 0.3) is 0 Å². The van der Waals surface area contributed by atoms with Gasteiger partial charge in [-0.15, -0.1) is 0 Å². The minimum absolute atomic E-state index is 0.253. The number of carbonyl (C=O) groups excluding carboxylic acids is 1. The quantitative estimate of drug-likeness (QED) is 0.242. The number of esters is 1. The number of ether oxygens (including phenoxy) is 1. The lowest BCUT2D eigenvalue weighted by Gasteiger charge is -2.12. The average Bonchev–Trinajstić information content (AvgIpc) is 2.79. The lowest BCUT2D eigenvalue weighted by atomic mass is 10.1. The molecule has 8 heteroatoms. The number of hydrogen-bond donors (Lipinski definition) is 4. The number of aliphatic carboxylic acids is 2. The largest absolute Gasteiger partial charge is 0.473 e. The van der Waals surface area contributed by atoms with Crippen LogP contribution in [0.2, 0.25) is 0 Å². The highest BCUT2D eigenvalue weighted by molar-refractivity contribution is 6.27. The van der Waals surface area contributed by atoms with Gasteiger partial charge in [0.05, 0.1) is 18.3 Å². The molecule has 0 heterocycles. The highest BCUT2D eigenvalue weighted by Crippen LogP contribution is 2.10. The molecule has 0 aromatic heterocycles. The molecule has 168 valence electrons. The fourth-order valence-corrected chi connectivity index (χ4v) is 2.56. The highest BCUT2D eigenvalue weighted by Gasteiger charge is 2.06. The van der Waals surface area contributed by atoms with E-state index in [1.165, 1.54) is 0 Å². The molecule has 0 amide bonds. The molecule has 0 bridgehead atoms. The van der Waals surface area contributed by atoms with Crippen LogP contribution in [-0.4, -0.2) is 52.9 Å². The van der Waals surface area contributed by atoms with Crippen molar-refractivity contribution in [2.75, 3.05) is 19.7 Å². The summed E-state index contributed by atoms with van der Waals surface area (Å²) in [7, 11) is 0. The zero-order chi connectivity index (χ0) is 22.9. The van der Waals surface area contributed by atoms with Crippen LogP contribution in [0.4, 0.5) is 0 Å². The lowest BCUT2D eigenvalue weighted by molar-refractivity contribution is -0.159. The standard InChI is InChI=1S/C21H27NO3.C2H2O4/c23-20(18-11-5-3-6-12-18)17-22-15-9-1-2-10-16-25-21(24)19-13-7-4-8-14-19;3-1(4)2(5)6/h3-8,11-14,20,22-23H,1-2,9-10,15-17H2;(H,3,4)(H,5,6). The summed E-state index contributed by atoms with van der Waals surface area (Å²) in [6.07, 6.45) is 3.58. The highest BCUT2D eigenvalue weighted by atomic mass is 16.5. The number of hydrogen-bond acceptors (Lipinski definition) is 6. The Labute approximate surface area is 181 Å². The smallest absolute Gasteiger partial charge is 0.414 e. The van der Waals surface area contributed by atoms with Crippen LogP contribution >= 0.6 is 0 Å². The minimum Gasteiger partial charge on any atom is -0.473 e. The molecule has 4 N–H and O–H groups in total. The molecule has 0 saturated heterocycles. The van der Waals surface area contributed by atoms with Gasteiger partial charge >= 0.3 is 17.9 Å². The molecule has 0 fully saturated rings. The monoisotopic (exact) mass is 431 g/mol. The minimum atomic E-state index is -1.82. The molecule has 0 radical (unpaired) electrons. The number of carbonyl (C=O) groups is 3. The van der Waals surface area contributed by atoms with E-state index in [1.807, 2.05) is 48.5 Å². The maximum atomic E-state index is 11.7. The van der Waals surface area contributed by atoms with E-state index in [1.54, 1.807) is 12.1 Å². The van der Waals surface area contributed by atoms with Gasteiger partial charge in [0.2, 0.25) is 0 Å². The first kappa shape index (κ1) is 25.8. The van der Waals surface area contributed by atoms with Crippen LogP contribution in [0.3, 0.4) is 0 Å². The van der Waals surface area contributed by atoms with Crippen molar-refractivity contribution in [3.8, 4) is 0 Å². The van der Waals surface area contributed by atoms with Gasteiger partial charge in [-0.1, -0.05) is 61.4 Å². The van der Waals surface area contributed by atoms with E-state index in [4.69, 9.17) is 24.5 Å². The number of carboxylic acid groups (broad SMARTS) is 2. The zero-order valence-electron chi connectivity index (χ0n) is 17.3. The van der Waals surface area contributed by atoms with Crippen LogP contribution in [0.25, 0.3) is 0 Å². The Bertz CT molecular complexity index is 769. The fraction of sp³-hybridized carbons (Fsp3) is 0.348. The number of nitrogens with one attached hydrogen (secondary N) is 1. The Balaban J connectivity index is 0.000000703. The Kier molecular flexibility index (Phi) is 13.0. The Hall–Kier alpha value is -3.23. The summed E-state index contributed by atoms with van der Waals surface area (Å²) in [6, 6.07) is 18.7. The Morgan fingerprint density at radius 2 is 1.35 bits per heavy atom. The van der Waals surface area contributed by atoms with E-state index in [2.05, 4.69) is 5.32 Å². The lowest BCUT2D eigenvalue weighted by Crippen LogP contribution is -2.22. The van der Waals surface area contributed by atoms with Crippen LogP contribution in [-0.2, 0) is 14.3 Å². The van der Waals surface area contributed by atoms with Gasteiger partial charge in [-0.2, -0.15) is 0 Å². The van der Waals surface area contributed by atoms with Crippen molar-refractivity contribution < 1.29 is 34.4 Å². The third-order valence-corrected chi connectivity index (χ3v) is 4.20. The second kappa shape index (κ2) is 15.6. The second-order valence-electron chi connectivity index (χ2n) is 6.66. The number of carboxylic acids is 2. The van der Waals surface area contributed by atoms with E-state index < -0.39 is 18.0 Å². The molecule has 0 spiro atoms. The number of aliphatic hydroxyl groups is 1. The summed E-state index contributed by atoms with van der Waals surface area (Å²) in [5, 5.41) is 28.1. The molecular weight excluding hydrogens is 402 g/mol. The number of benzene rings is 2. The van der Waals surface area contributed by atoms with Crippen molar-refractivity contribution in [3.63, 3.8) is 0 Å². The summed E-state index contributed by atoms with van der Waals surface area (Å²) in [4.78, 5) is 29.9. The van der Waals surface area contributed by atoms with Gasteiger partial charge < -0.3 is 25.4 Å². The fourth-order valence-electron chi connectivity index (χ4n) is 2.56. The molecule has 2 aromatic carbocycles. The molecule has 8 nitrogen and oxygen atoms in total. The first-order valence-electron chi connectivity index (χ1n) is 10.0. The molecule has 0 aliphatic rings. The van der Waals surface area contributed by atoms with Crippen LogP contribution in [0.1, 0.15) is 47.7 Å². The van der Waals surface area contributed by atoms with Gasteiger partial charge in [-0.05, 0) is 37.1 Å². The van der Waals surface area contributed by atoms with Crippen molar-refractivity contribution in [1.29, 1.82) is 0 Å². The van der Waals surface area contributed by atoms with Crippen molar-refractivity contribution in [1.82, 2.24) is 5.32 Å². The molecular formula is C23H29NO7. The summed E-state index contributed by atoms with van der Waals surface area (Å²) >= 11 is 0. The van der Waals surface area contributed by atoms with E-state index in [0.717, 1.165) is 37.8 Å². The van der Waals surface area contributed by atoms with Crippen molar-refractivity contribution in [3.05, 3.63) is 71.8 Å². The third-order valence-electron chi connectivity index (χ3n) is 4.20. The predicted molar refractivity (Wildman–Crippen MR) is 115 cm³/mol. The second-order valence-corrected chi connectivity index (χ2v) is 6.66. The predicted octanol–water partition coefficient (Wildman–Crippen LogP) is 2.88. The number of unbranched alkanes of at least 4 members (excludes halogenated alkanes) is 3. The van der Waals surface area contributed by atoms with Crippen molar-refractivity contribution >= 4 is 17.9 Å². The van der Waals surface area contributed by atoms with E-state index in [0.29, 0.717) is 18.7 Å². The molecule has 31 heavy (non-hydrogen) atoms. The number of rotatable bonds is 11. The van der Waals surface area contributed by atoms with Gasteiger partial charge in [-0.3, -0.25) is 0 Å². The van der Waals surface area contributed by atoms with E-state index in [-0.39, 0.29) is 5.97 Å². The SMILES string of the molecule is O=C(O)C(=O)O.O=C(OCCCCCCNCC(O)c1ccccc1)c1ccccc1. The van der Waals surface area contributed by atoms with E-state index in [9.17, 15) is 9.90 Å². The van der Waals surface area contributed by atoms with Gasteiger partial charge in [-0.25, -0.2) is 14.4 Å². The van der Waals surface area contributed by atoms with Crippen LogP contribution in [0.15, 0.2) is 60.7 Å². The zero-order valence-corrected chi connectivity index (χ0v) is 17.3. The van der Waals surface area contributed by atoms with Gasteiger partial charge in [0.1, 0.15) is 0 Å². The molecule has 1 unspecified atom stereocenters. The molecule has 2 rings (SSSR count). The first-order valence-corrected chi connectivity index (χ1v) is 10.0. The first-order chi connectivity index (χ1) is 14.9. The maximum absolute atomic E-state index is 11.7. The van der Waals surface area contributed by atoms with Gasteiger partial charge in [0.15, 0.2) is 0 Å². The number of aliphatic hydroxyl groups excluding tert-OH is 1. The van der Waals surface area contributed by atoms with Crippen LogP contribution < -0.4 is 5.32 Å². The molecule has 2 aromatic rings. The molecule has 0 aliphatic heterocycles. The molecule has 0 saturated carbocycles. The van der Waals surface area contributed by atoms with Crippen LogP contribution in [0.5, 0.6) is 0 Å². The normalized spacial score (nSPS) is 11.0. The summed E-state index contributed by atoms with van der Waals surface area (Å²) in [5.74, 6) is -3.90. The van der Waals surface area contributed by atoms with E-state index >= 15 is 0 Å².